The molecule has 1 atom stereocenters. The fourth-order valence-corrected chi connectivity index (χ4v) is 2.47. The molecule has 0 unspecified atom stereocenters. The lowest BCUT2D eigenvalue weighted by Crippen LogP contribution is -2.45. The summed E-state index contributed by atoms with van der Waals surface area (Å²) in [5.41, 5.74) is 0.614. The number of nitrogens with one attached hydrogen (secondary N) is 1. The van der Waals surface area contributed by atoms with Crippen molar-refractivity contribution in [1.82, 2.24) is 9.88 Å². The van der Waals surface area contributed by atoms with Gasteiger partial charge in [-0.2, -0.15) is 0 Å². The fraction of sp³-hybridized carbons (Fsp3) is 0.125. The molecule has 1 aromatic heterocycles. The molecule has 116 valence electrons. The predicted molar refractivity (Wildman–Crippen MR) is 84.3 cm³/mol. The molecule has 1 aliphatic heterocycles. The molecule has 0 fully saturated rings. The van der Waals surface area contributed by atoms with Crippen LogP contribution in [-0.4, -0.2) is 33.6 Å². The summed E-state index contributed by atoms with van der Waals surface area (Å²) in [5, 5.41) is 3.00. The van der Waals surface area contributed by atoms with Crippen LogP contribution in [0.25, 0.3) is 0 Å². The van der Waals surface area contributed by atoms with Gasteiger partial charge in [0.05, 0.1) is 16.1 Å². The molecule has 1 aromatic carbocycles. The van der Waals surface area contributed by atoms with E-state index in [1.807, 2.05) is 0 Å². The third kappa shape index (κ3) is 2.68. The molecular formula is C16H12ClN3O3. The second-order valence-electron chi connectivity index (χ2n) is 5.05. The number of carbonyl (C=O) groups is 3. The molecule has 0 spiro atoms. The summed E-state index contributed by atoms with van der Waals surface area (Å²) in [6.07, 6.45) is 1.39. The van der Waals surface area contributed by atoms with Gasteiger partial charge in [0.2, 0.25) is 5.91 Å². The highest BCUT2D eigenvalue weighted by atomic mass is 35.5. The molecular weight excluding hydrogens is 318 g/mol. The number of benzene rings is 1. The zero-order valence-corrected chi connectivity index (χ0v) is 12.9. The molecule has 3 rings (SSSR count). The Kier molecular flexibility index (Phi) is 3.83. The van der Waals surface area contributed by atoms with Gasteiger partial charge in [0.15, 0.2) is 0 Å². The van der Waals surface area contributed by atoms with Crippen molar-refractivity contribution < 1.29 is 14.4 Å². The standard InChI is InChI=1S/C16H12ClN3O3/c1-9(14(21)19-13-7-6-10(17)8-18-13)20-15(22)11-4-2-3-5-12(11)16(20)23/h2-9H,1H3,(H,18,19,21)/t9-/m1/s1. The Morgan fingerprint density at radius 3 is 2.26 bits per heavy atom. The minimum Gasteiger partial charge on any atom is -0.309 e. The smallest absolute Gasteiger partial charge is 0.262 e. The Morgan fingerprint density at radius 2 is 1.74 bits per heavy atom. The molecule has 0 saturated carbocycles. The van der Waals surface area contributed by atoms with Gasteiger partial charge in [0.1, 0.15) is 11.9 Å². The number of carbonyl (C=O) groups excluding carboxylic acids is 3. The zero-order chi connectivity index (χ0) is 16.6. The number of nitrogens with zero attached hydrogens (tertiary/aromatic N) is 2. The van der Waals surface area contributed by atoms with Crippen molar-refractivity contribution in [1.29, 1.82) is 0 Å². The van der Waals surface area contributed by atoms with Crippen LogP contribution in [0, 0.1) is 0 Å². The summed E-state index contributed by atoms with van der Waals surface area (Å²) in [4.78, 5) is 41.9. The second kappa shape index (κ2) is 5.81. The maximum Gasteiger partial charge on any atom is 0.262 e. The van der Waals surface area contributed by atoms with Crippen LogP contribution in [0.2, 0.25) is 5.02 Å². The van der Waals surface area contributed by atoms with Crippen molar-refractivity contribution in [2.24, 2.45) is 0 Å². The maximum absolute atomic E-state index is 12.3. The van der Waals surface area contributed by atoms with Crippen LogP contribution < -0.4 is 5.32 Å². The van der Waals surface area contributed by atoms with E-state index in [1.165, 1.54) is 19.2 Å². The summed E-state index contributed by atoms with van der Waals surface area (Å²) in [7, 11) is 0. The predicted octanol–water partition coefficient (Wildman–Crippen LogP) is 2.36. The van der Waals surface area contributed by atoms with Gasteiger partial charge in [-0.1, -0.05) is 23.7 Å². The molecule has 2 heterocycles. The van der Waals surface area contributed by atoms with Gasteiger partial charge in [-0.05, 0) is 31.2 Å². The second-order valence-corrected chi connectivity index (χ2v) is 5.49. The molecule has 2 aromatic rings. The van der Waals surface area contributed by atoms with E-state index in [0.717, 1.165) is 4.90 Å². The third-order valence-electron chi connectivity index (χ3n) is 3.57. The first kappa shape index (κ1) is 15.2. The number of halogens is 1. The average molecular weight is 330 g/mol. The van der Waals surface area contributed by atoms with E-state index >= 15 is 0 Å². The van der Waals surface area contributed by atoms with Crippen molar-refractivity contribution in [3.05, 3.63) is 58.7 Å². The van der Waals surface area contributed by atoms with Crippen LogP contribution in [0.3, 0.4) is 0 Å². The topological polar surface area (TPSA) is 79.4 Å². The Balaban J connectivity index is 1.79. The van der Waals surface area contributed by atoms with Gasteiger partial charge < -0.3 is 5.32 Å². The molecule has 23 heavy (non-hydrogen) atoms. The van der Waals surface area contributed by atoms with Crippen LogP contribution >= 0.6 is 11.6 Å². The van der Waals surface area contributed by atoms with E-state index in [4.69, 9.17) is 11.6 Å². The highest BCUT2D eigenvalue weighted by Gasteiger charge is 2.40. The number of imide groups is 1. The largest absolute Gasteiger partial charge is 0.309 e. The first-order chi connectivity index (χ1) is 11.0. The summed E-state index contributed by atoms with van der Waals surface area (Å²) in [5.74, 6) is -1.16. The zero-order valence-electron chi connectivity index (χ0n) is 12.1. The van der Waals surface area contributed by atoms with E-state index in [9.17, 15) is 14.4 Å². The summed E-state index contributed by atoms with van der Waals surface area (Å²) >= 11 is 5.73. The van der Waals surface area contributed by atoms with Crippen molar-refractivity contribution >= 4 is 35.1 Å². The molecule has 0 saturated heterocycles. The van der Waals surface area contributed by atoms with Crippen molar-refractivity contribution in [2.75, 3.05) is 5.32 Å². The number of fused-ring (bicyclic) bond motifs is 1. The first-order valence-corrected chi connectivity index (χ1v) is 7.26. The van der Waals surface area contributed by atoms with Gasteiger partial charge in [-0.3, -0.25) is 19.3 Å². The van der Waals surface area contributed by atoms with Gasteiger partial charge in [-0.15, -0.1) is 0 Å². The average Bonchev–Trinajstić information content (AvgIpc) is 2.81. The minimum absolute atomic E-state index is 0.294. The van der Waals surface area contributed by atoms with E-state index in [-0.39, 0.29) is 0 Å². The van der Waals surface area contributed by atoms with E-state index < -0.39 is 23.8 Å². The quantitative estimate of drug-likeness (QED) is 0.877. The molecule has 0 bridgehead atoms. The number of amides is 3. The highest BCUT2D eigenvalue weighted by Crippen LogP contribution is 2.24. The molecule has 3 amide bonds. The van der Waals surface area contributed by atoms with Crippen LogP contribution in [-0.2, 0) is 4.79 Å². The Hall–Kier alpha value is -2.73. The SMILES string of the molecule is C[C@H](C(=O)Nc1ccc(Cl)cn1)N1C(=O)c2ccccc2C1=O. The van der Waals surface area contributed by atoms with Crippen molar-refractivity contribution in [3.8, 4) is 0 Å². The lowest BCUT2D eigenvalue weighted by atomic mass is 10.1. The fourth-order valence-electron chi connectivity index (χ4n) is 2.36. The summed E-state index contributed by atoms with van der Waals surface area (Å²) in [6, 6.07) is 8.65. The van der Waals surface area contributed by atoms with E-state index in [2.05, 4.69) is 10.3 Å². The maximum atomic E-state index is 12.3. The molecule has 0 radical (unpaired) electrons. The van der Waals surface area contributed by atoms with E-state index in [0.29, 0.717) is 22.0 Å². The lowest BCUT2D eigenvalue weighted by molar-refractivity contribution is -0.119. The van der Waals surface area contributed by atoms with Crippen LogP contribution in [0.1, 0.15) is 27.6 Å². The Morgan fingerprint density at radius 1 is 1.13 bits per heavy atom. The highest BCUT2D eigenvalue weighted by molar-refractivity contribution is 6.30. The molecule has 0 aliphatic carbocycles. The molecule has 1 aliphatic rings. The van der Waals surface area contributed by atoms with Gasteiger partial charge >= 0.3 is 0 Å². The number of rotatable bonds is 3. The summed E-state index contributed by atoms with van der Waals surface area (Å²) < 4.78 is 0. The van der Waals surface area contributed by atoms with Crippen molar-refractivity contribution in [2.45, 2.75) is 13.0 Å². The monoisotopic (exact) mass is 329 g/mol. The van der Waals surface area contributed by atoms with Gasteiger partial charge in [-0.25, -0.2) is 4.98 Å². The Bertz CT molecular complexity index is 769. The lowest BCUT2D eigenvalue weighted by Gasteiger charge is -2.21. The number of aromatic nitrogens is 1. The number of pyridine rings is 1. The Labute approximate surface area is 137 Å². The molecule has 1 N–H and O–H groups in total. The van der Waals surface area contributed by atoms with Gasteiger partial charge in [0.25, 0.3) is 11.8 Å². The van der Waals surface area contributed by atoms with E-state index in [1.54, 1.807) is 30.3 Å². The molecule has 6 nitrogen and oxygen atoms in total. The minimum atomic E-state index is -0.958. The number of hydrogen-bond acceptors (Lipinski definition) is 4. The molecule has 7 heteroatoms. The first-order valence-electron chi connectivity index (χ1n) is 6.88. The van der Waals surface area contributed by atoms with Crippen LogP contribution in [0.4, 0.5) is 5.82 Å². The van der Waals surface area contributed by atoms with Crippen LogP contribution in [0.15, 0.2) is 42.6 Å². The normalized spacial score (nSPS) is 14.6. The number of hydrogen-bond donors (Lipinski definition) is 1. The third-order valence-corrected chi connectivity index (χ3v) is 3.79. The van der Waals surface area contributed by atoms with Crippen molar-refractivity contribution in [3.63, 3.8) is 0 Å². The number of anilines is 1. The van der Waals surface area contributed by atoms with Crippen LogP contribution in [0.5, 0.6) is 0 Å². The summed E-state index contributed by atoms with van der Waals surface area (Å²) in [6.45, 7) is 1.49. The van der Waals surface area contributed by atoms with Gasteiger partial charge in [0, 0.05) is 6.20 Å².